The summed E-state index contributed by atoms with van der Waals surface area (Å²) < 4.78 is 0. The maximum absolute atomic E-state index is 12.8. The van der Waals surface area contributed by atoms with Gasteiger partial charge in [0, 0.05) is 18.0 Å². The Morgan fingerprint density at radius 3 is 2.84 bits per heavy atom. The Morgan fingerprint density at radius 2 is 2.12 bits per heavy atom. The molecular formula is C19H20N4OS. The molecule has 3 fully saturated rings. The molecule has 3 aromatic rings. The monoisotopic (exact) mass is 352 g/mol. The van der Waals surface area contributed by atoms with Crippen molar-refractivity contribution in [3.63, 3.8) is 0 Å². The smallest absolute Gasteiger partial charge is 0.272 e. The summed E-state index contributed by atoms with van der Waals surface area (Å²) in [6.45, 7) is 3.32. The van der Waals surface area contributed by atoms with Gasteiger partial charge in [-0.2, -0.15) is 16.4 Å². The molecule has 1 atom stereocenters. The van der Waals surface area contributed by atoms with Crippen molar-refractivity contribution in [1.82, 2.24) is 20.4 Å². The van der Waals surface area contributed by atoms with E-state index in [1.54, 1.807) is 11.3 Å². The van der Waals surface area contributed by atoms with Crippen molar-refractivity contribution in [2.75, 3.05) is 19.6 Å². The number of aromatic amines is 1. The van der Waals surface area contributed by atoms with Crippen LogP contribution in [0.15, 0.2) is 35.0 Å². The van der Waals surface area contributed by atoms with Gasteiger partial charge in [-0.1, -0.05) is 6.07 Å². The second kappa shape index (κ2) is 5.97. The molecule has 1 aromatic carbocycles. The predicted molar refractivity (Wildman–Crippen MR) is 99.8 cm³/mol. The van der Waals surface area contributed by atoms with Gasteiger partial charge in [0.1, 0.15) is 0 Å². The molecule has 3 aliphatic rings. The molecule has 128 valence electrons. The Morgan fingerprint density at radius 1 is 1.24 bits per heavy atom. The average Bonchev–Trinajstić information content (AvgIpc) is 3.32. The van der Waals surface area contributed by atoms with E-state index in [0.717, 1.165) is 23.0 Å². The zero-order chi connectivity index (χ0) is 16.8. The number of hydrogen-bond acceptors (Lipinski definition) is 4. The van der Waals surface area contributed by atoms with Gasteiger partial charge in [-0.05, 0) is 71.9 Å². The molecule has 5 heterocycles. The molecule has 6 rings (SSSR count). The van der Waals surface area contributed by atoms with E-state index in [1.165, 1.54) is 31.5 Å². The number of aromatic nitrogens is 2. The number of hydrogen-bond donors (Lipinski definition) is 2. The summed E-state index contributed by atoms with van der Waals surface area (Å²) in [5, 5.41) is 15.6. The molecule has 2 N–H and O–H groups in total. The van der Waals surface area contributed by atoms with E-state index in [9.17, 15) is 4.79 Å². The van der Waals surface area contributed by atoms with Crippen molar-refractivity contribution in [3.05, 3.63) is 40.7 Å². The van der Waals surface area contributed by atoms with Crippen LogP contribution in [0.3, 0.4) is 0 Å². The van der Waals surface area contributed by atoms with Crippen LogP contribution in [0.2, 0.25) is 0 Å². The summed E-state index contributed by atoms with van der Waals surface area (Å²) in [6.07, 6.45) is 2.38. The first-order valence-corrected chi connectivity index (χ1v) is 9.76. The molecule has 2 bridgehead atoms. The summed E-state index contributed by atoms with van der Waals surface area (Å²) >= 11 is 1.68. The summed E-state index contributed by atoms with van der Waals surface area (Å²) in [7, 11) is 0. The number of piperidine rings is 3. The molecule has 6 heteroatoms. The second-order valence-corrected chi connectivity index (χ2v) is 7.84. The van der Waals surface area contributed by atoms with E-state index in [2.05, 4.69) is 49.4 Å². The fourth-order valence-corrected chi connectivity index (χ4v) is 4.83. The van der Waals surface area contributed by atoms with E-state index in [0.29, 0.717) is 11.6 Å². The first kappa shape index (κ1) is 15.1. The Labute approximate surface area is 150 Å². The lowest BCUT2D eigenvalue weighted by Crippen LogP contribution is -2.57. The molecule has 0 saturated carbocycles. The van der Waals surface area contributed by atoms with Crippen LogP contribution in [0.4, 0.5) is 0 Å². The number of rotatable bonds is 3. The molecule has 3 aliphatic heterocycles. The normalized spacial score (nSPS) is 25.4. The highest BCUT2D eigenvalue weighted by atomic mass is 32.1. The molecule has 5 nitrogen and oxygen atoms in total. The van der Waals surface area contributed by atoms with Gasteiger partial charge >= 0.3 is 0 Å². The largest absolute Gasteiger partial charge is 0.346 e. The molecule has 25 heavy (non-hydrogen) atoms. The summed E-state index contributed by atoms with van der Waals surface area (Å²) in [5.41, 5.74) is 3.74. The van der Waals surface area contributed by atoms with Crippen LogP contribution in [0, 0.1) is 5.92 Å². The predicted octanol–water partition coefficient (Wildman–Crippen LogP) is 3.12. The summed E-state index contributed by atoms with van der Waals surface area (Å²) in [5.74, 6) is 0.553. The van der Waals surface area contributed by atoms with Crippen molar-refractivity contribution in [2.24, 2.45) is 5.92 Å². The van der Waals surface area contributed by atoms with Crippen LogP contribution in [-0.4, -0.2) is 46.7 Å². The van der Waals surface area contributed by atoms with E-state index < -0.39 is 0 Å². The Balaban J connectivity index is 1.40. The maximum atomic E-state index is 12.8. The van der Waals surface area contributed by atoms with Crippen molar-refractivity contribution < 1.29 is 4.79 Å². The van der Waals surface area contributed by atoms with Crippen LogP contribution >= 0.6 is 11.3 Å². The SMILES string of the molecule is O=C(N[C@@H]1CN2CCC1CC2)c1n[nH]c2cc(-c3ccsc3)ccc12. The van der Waals surface area contributed by atoms with Crippen molar-refractivity contribution >= 4 is 28.1 Å². The quantitative estimate of drug-likeness (QED) is 0.761. The number of thiophene rings is 1. The Hall–Kier alpha value is -2.18. The van der Waals surface area contributed by atoms with Gasteiger partial charge in [0.25, 0.3) is 5.91 Å². The van der Waals surface area contributed by atoms with E-state index in [1.807, 2.05) is 6.07 Å². The second-order valence-electron chi connectivity index (χ2n) is 7.06. The molecule has 0 unspecified atom stereocenters. The first-order valence-electron chi connectivity index (χ1n) is 8.82. The van der Waals surface area contributed by atoms with Gasteiger partial charge in [0.15, 0.2) is 5.69 Å². The maximum Gasteiger partial charge on any atom is 0.272 e. The highest BCUT2D eigenvalue weighted by Crippen LogP contribution is 2.29. The number of carbonyl (C=O) groups excluding carboxylic acids is 1. The topological polar surface area (TPSA) is 61.0 Å². The van der Waals surface area contributed by atoms with Crippen LogP contribution in [-0.2, 0) is 0 Å². The van der Waals surface area contributed by atoms with E-state index in [4.69, 9.17) is 0 Å². The third kappa shape index (κ3) is 2.65. The number of H-pyrrole nitrogens is 1. The van der Waals surface area contributed by atoms with Gasteiger partial charge < -0.3 is 10.2 Å². The average molecular weight is 352 g/mol. The Kier molecular flexibility index (Phi) is 3.60. The van der Waals surface area contributed by atoms with Crippen LogP contribution in [0.5, 0.6) is 0 Å². The Bertz CT molecular complexity index is 909. The minimum absolute atomic E-state index is 0.0618. The van der Waals surface area contributed by atoms with Gasteiger partial charge in [0.05, 0.1) is 5.52 Å². The highest BCUT2D eigenvalue weighted by Gasteiger charge is 2.35. The highest BCUT2D eigenvalue weighted by molar-refractivity contribution is 7.08. The van der Waals surface area contributed by atoms with Gasteiger partial charge in [-0.25, -0.2) is 0 Å². The number of carbonyl (C=O) groups is 1. The van der Waals surface area contributed by atoms with Crippen LogP contribution in [0.1, 0.15) is 23.3 Å². The molecule has 2 aromatic heterocycles. The number of amides is 1. The lowest BCUT2D eigenvalue weighted by Gasteiger charge is -2.44. The van der Waals surface area contributed by atoms with Gasteiger partial charge in [0.2, 0.25) is 0 Å². The fourth-order valence-electron chi connectivity index (χ4n) is 4.17. The van der Waals surface area contributed by atoms with E-state index in [-0.39, 0.29) is 11.9 Å². The number of nitrogens with zero attached hydrogens (tertiary/aromatic N) is 2. The summed E-state index contributed by atoms with van der Waals surface area (Å²) in [6, 6.07) is 8.48. The van der Waals surface area contributed by atoms with Crippen molar-refractivity contribution in [1.29, 1.82) is 0 Å². The van der Waals surface area contributed by atoms with Crippen LogP contribution < -0.4 is 5.32 Å². The van der Waals surface area contributed by atoms with Gasteiger partial charge in [-0.3, -0.25) is 9.89 Å². The third-order valence-electron chi connectivity index (χ3n) is 5.61. The molecule has 1 amide bonds. The standard InChI is InChI=1S/C19H20N4OS/c24-19(20-17-10-23-6-3-12(17)4-7-23)18-15-2-1-13(9-16(15)21-22-18)14-5-8-25-11-14/h1-2,5,8-9,11-12,17H,3-4,6-7,10H2,(H,20,24)(H,21,22)/t17-/m1/s1. The first-order chi connectivity index (χ1) is 12.3. The zero-order valence-electron chi connectivity index (χ0n) is 13.9. The third-order valence-corrected chi connectivity index (χ3v) is 6.29. The number of nitrogens with one attached hydrogen (secondary N) is 2. The molecule has 0 aliphatic carbocycles. The molecule has 3 saturated heterocycles. The van der Waals surface area contributed by atoms with Crippen LogP contribution in [0.25, 0.3) is 22.0 Å². The van der Waals surface area contributed by atoms with Crippen molar-refractivity contribution in [2.45, 2.75) is 18.9 Å². The molecular weight excluding hydrogens is 332 g/mol. The lowest BCUT2D eigenvalue weighted by atomic mass is 9.84. The fraction of sp³-hybridized carbons (Fsp3) is 0.368. The minimum Gasteiger partial charge on any atom is -0.346 e. The zero-order valence-corrected chi connectivity index (χ0v) is 14.7. The molecule has 0 spiro atoms. The molecule has 0 radical (unpaired) electrons. The lowest BCUT2D eigenvalue weighted by molar-refractivity contribution is 0.0618. The van der Waals surface area contributed by atoms with E-state index >= 15 is 0 Å². The number of benzene rings is 1. The van der Waals surface area contributed by atoms with Crippen molar-refractivity contribution in [3.8, 4) is 11.1 Å². The van der Waals surface area contributed by atoms with Gasteiger partial charge in [-0.15, -0.1) is 0 Å². The minimum atomic E-state index is -0.0618. The summed E-state index contributed by atoms with van der Waals surface area (Å²) in [4.78, 5) is 15.2. The number of fused-ring (bicyclic) bond motifs is 4.